The first-order valence-corrected chi connectivity index (χ1v) is 14.4. The second-order valence-corrected chi connectivity index (χ2v) is 10.7. The van der Waals surface area contributed by atoms with E-state index in [9.17, 15) is 22.0 Å². The third kappa shape index (κ3) is 7.54. The van der Waals surface area contributed by atoms with Crippen LogP contribution in [0.5, 0.6) is 5.75 Å². The van der Waals surface area contributed by atoms with Gasteiger partial charge < -0.3 is 4.74 Å². The number of rotatable bonds is 9. The summed E-state index contributed by atoms with van der Waals surface area (Å²) in [7, 11) is 0. The summed E-state index contributed by atoms with van der Waals surface area (Å²) in [5, 5.41) is -0.904. The van der Waals surface area contributed by atoms with Gasteiger partial charge in [-0.3, -0.25) is 0 Å². The molecule has 0 N–H and O–H groups in total. The zero-order valence-electron chi connectivity index (χ0n) is 24.8. The van der Waals surface area contributed by atoms with E-state index in [1.807, 2.05) is 0 Å². The highest BCUT2D eigenvalue weighted by atomic mass is 19.4. The van der Waals surface area contributed by atoms with Crippen LogP contribution >= 0.6 is 0 Å². The van der Waals surface area contributed by atoms with Gasteiger partial charge in [-0.25, -0.2) is 31.9 Å². The van der Waals surface area contributed by atoms with Crippen molar-refractivity contribution in [3.63, 3.8) is 0 Å². The number of halogens is 10. The second-order valence-electron chi connectivity index (χ2n) is 10.7. The molecular formula is C35H22F10N2O. The Bertz CT molecular complexity index is 2030. The lowest BCUT2D eigenvalue weighted by molar-refractivity contribution is -0.189. The predicted molar refractivity (Wildman–Crippen MR) is 157 cm³/mol. The van der Waals surface area contributed by atoms with Crippen molar-refractivity contribution in [3.8, 4) is 40.1 Å². The Morgan fingerprint density at radius 2 is 1.40 bits per heavy atom. The topological polar surface area (TPSA) is 35.0 Å². The lowest BCUT2D eigenvalue weighted by Crippen LogP contribution is -2.25. The molecule has 0 amide bonds. The summed E-state index contributed by atoms with van der Waals surface area (Å²) in [4.78, 5) is 8.48. The van der Waals surface area contributed by atoms with Crippen LogP contribution in [0, 0.1) is 40.9 Å². The number of aryl methyl sites for hydroxylation is 1. The van der Waals surface area contributed by atoms with Crippen LogP contribution in [0.1, 0.15) is 42.9 Å². The van der Waals surface area contributed by atoms with Gasteiger partial charge in [0.15, 0.2) is 5.82 Å². The van der Waals surface area contributed by atoms with Crippen molar-refractivity contribution in [3.05, 3.63) is 113 Å². The van der Waals surface area contributed by atoms with E-state index in [1.165, 1.54) is 18.1 Å². The molecule has 1 aromatic heterocycles. The van der Waals surface area contributed by atoms with E-state index < -0.39 is 74.6 Å². The van der Waals surface area contributed by atoms with E-state index in [0.29, 0.717) is 24.3 Å². The zero-order valence-corrected chi connectivity index (χ0v) is 24.8. The average Bonchev–Trinajstić information content (AvgIpc) is 3.00. The number of benzene rings is 4. The summed E-state index contributed by atoms with van der Waals surface area (Å²) in [6, 6.07) is 7.39. The van der Waals surface area contributed by atoms with Gasteiger partial charge in [0.1, 0.15) is 40.4 Å². The summed E-state index contributed by atoms with van der Waals surface area (Å²) < 4.78 is 146. The molecule has 5 aromatic rings. The number of alkyl halides is 5. The van der Waals surface area contributed by atoms with E-state index in [2.05, 4.69) is 21.6 Å². The third-order valence-corrected chi connectivity index (χ3v) is 7.22. The predicted octanol–water partition coefficient (Wildman–Crippen LogP) is 10.4. The Morgan fingerprint density at radius 1 is 0.729 bits per heavy atom. The van der Waals surface area contributed by atoms with E-state index >= 15 is 22.0 Å². The minimum atomic E-state index is -5.03. The van der Waals surface area contributed by atoms with Gasteiger partial charge in [0.05, 0.1) is 5.56 Å². The first-order chi connectivity index (χ1) is 22.7. The molecule has 13 heteroatoms. The minimum absolute atomic E-state index is 0.207. The van der Waals surface area contributed by atoms with Gasteiger partial charge in [0.2, 0.25) is 0 Å². The lowest BCUT2D eigenvalue weighted by atomic mass is 10.00. The number of hydrogen-bond donors (Lipinski definition) is 0. The van der Waals surface area contributed by atoms with Crippen molar-refractivity contribution >= 4 is 10.8 Å². The molecular weight excluding hydrogens is 654 g/mol. The van der Waals surface area contributed by atoms with Gasteiger partial charge in [-0.05, 0) is 71.8 Å². The molecule has 48 heavy (non-hydrogen) atoms. The minimum Gasteiger partial charge on any atom is -0.429 e. The van der Waals surface area contributed by atoms with Gasteiger partial charge in [-0.1, -0.05) is 37.8 Å². The van der Waals surface area contributed by atoms with Crippen LogP contribution in [0.3, 0.4) is 0 Å². The van der Waals surface area contributed by atoms with Crippen LogP contribution < -0.4 is 4.74 Å². The summed E-state index contributed by atoms with van der Waals surface area (Å²) in [6.45, 7) is 2.08. The highest BCUT2D eigenvalue weighted by Crippen LogP contribution is 2.39. The number of aromatic nitrogens is 2. The first kappa shape index (κ1) is 34.2. The highest BCUT2D eigenvalue weighted by molar-refractivity contribution is 5.86. The number of nitrogens with zero attached hydrogens (tertiary/aromatic N) is 2. The summed E-state index contributed by atoms with van der Waals surface area (Å²) >= 11 is 0. The van der Waals surface area contributed by atoms with Gasteiger partial charge in [0.25, 0.3) is 0 Å². The fourth-order valence-corrected chi connectivity index (χ4v) is 4.93. The van der Waals surface area contributed by atoms with E-state index in [-0.39, 0.29) is 17.0 Å². The molecule has 0 fully saturated rings. The fraction of sp³-hybridized carbons (Fsp3) is 0.200. The van der Waals surface area contributed by atoms with Crippen LogP contribution in [0.25, 0.3) is 33.3 Å². The molecule has 0 atom stereocenters. The van der Waals surface area contributed by atoms with Gasteiger partial charge in [-0.15, -0.1) is 0 Å². The standard InChI is InChI=1S/C35H22F10N2O/c1-2-3-4-5-19-17-46-33(47-18-19)20-6-8-24(27(36)13-20)22-15-29(38)31(30(39)16-22)35(44,45)48-23-7-9-25-21(12-23)14-28(37)26(32(25)40)10-11-34(41,42)43/h6-9,12-18H,2-5H2,1H3. The number of hydrogen-bond acceptors (Lipinski definition) is 3. The maximum atomic E-state index is 15.1. The second kappa shape index (κ2) is 13.5. The highest BCUT2D eigenvalue weighted by Gasteiger charge is 2.41. The Hall–Kier alpha value is -5.12. The van der Waals surface area contributed by atoms with Crippen molar-refractivity contribution in [1.29, 1.82) is 0 Å². The zero-order chi connectivity index (χ0) is 34.8. The number of ether oxygens (including phenoxy) is 1. The van der Waals surface area contributed by atoms with E-state index in [1.54, 1.807) is 12.4 Å². The van der Waals surface area contributed by atoms with Crippen LogP contribution in [-0.4, -0.2) is 16.1 Å². The van der Waals surface area contributed by atoms with Crippen molar-refractivity contribution in [2.24, 2.45) is 0 Å². The maximum absolute atomic E-state index is 15.1. The van der Waals surface area contributed by atoms with Gasteiger partial charge in [0, 0.05) is 34.8 Å². The van der Waals surface area contributed by atoms with Crippen molar-refractivity contribution < 1.29 is 48.6 Å². The normalized spacial score (nSPS) is 11.8. The molecule has 0 unspecified atom stereocenters. The molecule has 0 bridgehead atoms. The van der Waals surface area contributed by atoms with Crippen LogP contribution in [0.15, 0.2) is 67.0 Å². The molecule has 1 heterocycles. The molecule has 0 radical (unpaired) electrons. The van der Waals surface area contributed by atoms with Crippen molar-refractivity contribution in [1.82, 2.24) is 9.97 Å². The fourth-order valence-electron chi connectivity index (χ4n) is 4.93. The molecule has 0 aliphatic carbocycles. The maximum Gasteiger partial charge on any atom is 0.458 e. The first-order valence-electron chi connectivity index (χ1n) is 14.4. The molecule has 0 aliphatic heterocycles. The van der Waals surface area contributed by atoms with E-state index in [0.717, 1.165) is 55.4 Å². The molecule has 0 spiro atoms. The summed E-state index contributed by atoms with van der Waals surface area (Å²) in [6.07, 6.45) is -2.61. The molecule has 0 saturated heterocycles. The summed E-state index contributed by atoms with van der Waals surface area (Å²) in [5.41, 5.74) is -2.55. The largest absolute Gasteiger partial charge is 0.458 e. The molecule has 4 aromatic carbocycles. The van der Waals surface area contributed by atoms with Crippen LogP contribution in [0.4, 0.5) is 43.9 Å². The van der Waals surface area contributed by atoms with Crippen LogP contribution in [-0.2, 0) is 12.5 Å². The monoisotopic (exact) mass is 676 g/mol. The van der Waals surface area contributed by atoms with Crippen LogP contribution in [0.2, 0.25) is 0 Å². The smallest absolute Gasteiger partial charge is 0.429 e. The van der Waals surface area contributed by atoms with E-state index in [4.69, 9.17) is 0 Å². The van der Waals surface area contributed by atoms with Crippen molar-refractivity contribution in [2.45, 2.75) is 44.9 Å². The lowest BCUT2D eigenvalue weighted by Gasteiger charge is -2.20. The molecule has 0 aliphatic rings. The quantitative estimate of drug-likeness (QED) is 0.0886. The Balaban J connectivity index is 1.38. The SMILES string of the molecule is CCCCCc1cnc(-c2ccc(-c3cc(F)c(C(F)(F)Oc4ccc5c(F)c(C#CC(F)(F)F)c(F)cc5c4)c(F)c3)c(F)c2)nc1. The summed E-state index contributed by atoms with van der Waals surface area (Å²) in [5.74, 6) is -6.00. The molecule has 5 rings (SSSR count). The molecule has 248 valence electrons. The van der Waals surface area contributed by atoms with Gasteiger partial charge >= 0.3 is 12.3 Å². The number of unbranched alkanes of at least 4 members (excludes halogenated alkanes) is 2. The third-order valence-electron chi connectivity index (χ3n) is 7.22. The Labute approximate surface area is 267 Å². The average molecular weight is 677 g/mol. The molecule has 3 nitrogen and oxygen atoms in total. The number of fused-ring (bicyclic) bond motifs is 1. The van der Waals surface area contributed by atoms with Crippen molar-refractivity contribution in [2.75, 3.05) is 0 Å². The molecule has 0 saturated carbocycles. The Kier molecular flexibility index (Phi) is 9.66. The Morgan fingerprint density at radius 3 is 2.02 bits per heavy atom. The van der Waals surface area contributed by atoms with Gasteiger partial charge in [-0.2, -0.15) is 22.0 Å².